The number of hydrogen-bond donors (Lipinski definition) is 2. The fourth-order valence-electron chi connectivity index (χ4n) is 2.43. The van der Waals surface area contributed by atoms with Crippen molar-refractivity contribution in [3.8, 4) is 0 Å². The first kappa shape index (κ1) is 19.0. The minimum atomic E-state index is 0.0626. The number of amides is 1. The lowest BCUT2D eigenvalue weighted by Crippen LogP contribution is -2.44. The molecule has 0 unspecified atom stereocenters. The van der Waals surface area contributed by atoms with Gasteiger partial charge in [-0.25, -0.2) is 0 Å². The zero-order valence-electron chi connectivity index (χ0n) is 14.9. The van der Waals surface area contributed by atoms with Gasteiger partial charge in [-0.05, 0) is 30.4 Å². The smallest absolute Gasteiger partial charge is 0.242 e. The molecule has 0 aliphatic carbocycles. The molecule has 2 N–H and O–H groups in total. The van der Waals surface area contributed by atoms with Crippen molar-refractivity contribution < 1.29 is 4.79 Å². The van der Waals surface area contributed by atoms with Gasteiger partial charge in [0, 0.05) is 31.6 Å². The summed E-state index contributed by atoms with van der Waals surface area (Å²) in [5.74, 6) is 0.716. The number of benzene rings is 1. The highest BCUT2D eigenvalue weighted by atomic mass is 32.1. The van der Waals surface area contributed by atoms with E-state index in [9.17, 15) is 4.79 Å². The van der Waals surface area contributed by atoms with E-state index in [1.807, 2.05) is 42.2 Å². The number of guanidine groups is 1. The highest BCUT2D eigenvalue weighted by Gasteiger charge is 2.12. The van der Waals surface area contributed by atoms with E-state index in [0.29, 0.717) is 19.0 Å². The van der Waals surface area contributed by atoms with Gasteiger partial charge in [-0.2, -0.15) is 0 Å². The van der Waals surface area contributed by atoms with Crippen LogP contribution in [0.4, 0.5) is 0 Å². The zero-order valence-corrected chi connectivity index (χ0v) is 15.7. The summed E-state index contributed by atoms with van der Waals surface area (Å²) in [4.78, 5) is 19.8. The first-order chi connectivity index (χ1) is 12.2. The van der Waals surface area contributed by atoms with E-state index in [4.69, 9.17) is 0 Å². The van der Waals surface area contributed by atoms with Gasteiger partial charge in [0.05, 0.1) is 6.54 Å². The summed E-state index contributed by atoms with van der Waals surface area (Å²) in [5, 5.41) is 8.42. The second-order valence-electron chi connectivity index (χ2n) is 5.58. The molecule has 25 heavy (non-hydrogen) atoms. The maximum Gasteiger partial charge on any atom is 0.242 e. The Morgan fingerprint density at radius 1 is 1.16 bits per heavy atom. The molecule has 1 aromatic carbocycles. The quantitative estimate of drug-likeness (QED) is 0.563. The van der Waals surface area contributed by atoms with Gasteiger partial charge in [0.15, 0.2) is 5.96 Å². The van der Waals surface area contributed by atoms with Crippen molar-refractivity contribution in [3.63, 3.8) is 0 Å². The van der Waals surface area contributed by atoms with Crippen LogP contribution in [-0.2, 0) is 17.8 Å². The summed E-state index contributed by atoms with van der Waals surface area (Å²) in [7, 11) is 1.71. The van der Waals surface area contributed by atoms with Gasteiger partial charge in [-0.15, -0.1) is 11.3 Å². The molecular weight excluding hydrogens is 332 g/mol. The maximum atomic E-state index is 12.4. The van der Waals surface area contributed by atoms with Crippen LogP contribution in [0.25, 0.3) is 0 Å². The number of likely N-dealkylation sites (N-methyl/N-ethyl adjacent to an activating group) is 1. The number of thiophene rings is 1. The van der Waals surface area contributed by atoms with Crippen LogP contribution in [0.1, 0.15) is 17.4 Å². The number of rotatable bonds is 8. The van der Waals surface area contributed by atoms with Crippen molar-refractivity contribution in [2.75, 3.05) is 26.7 Å². The summed E-state index contributed by atoms with van der Waals surface area (Å²) in [6.07, 6.45) is 0.946. The third kappa shape index (κ3) is 6.58. The predicted octanol–water partition coefficient (Wildman–Crippen LogP) is 2.50. The Morgan fingerprint density at radius 3 is 2.60 bits per heavy atom. The lowest BCUT2D eigenvalue weighted by molar-refractivity contribution is -0.130. The molecule has 1 amide bonds. The van der Waals surface area contributed by atoms with Crippen molar-refractivity contribution in [1.29, 1.82) is 0 Å². The molecule has 0 radical (unpaired) electrons. The number of hydrogen-bond acceptors (Lipinski definition) is 3. The van der Waals surface area contributed by atoms with Crippen LogP contribution in [0.2, 0.25) is 0 Å². The van der Waals surface area contributed by atoms with Crippen LogP contribution in [0.3, 0.4) is 0 Å². The van der Waals surface area contributed by atoms with Crippen molar-refractivity contribution in [2.45, 2.75) is 19.9 Å². The monoisotopic (exact) mass is 358 g/mol. The normalized spacial score (nSPS) is 11.2. The lowest BCUT2D eigenvalue weighted by atomic mass is 10.2. The molecule has 2 aromatic rings. The Bertz CT molecular complexity index is 655. The van der Waals surface area contributed by atoms with E-state index in [2.05, 4.69) is 33.1 Å². The van der Waals surface area contributed by atoms with Gasteiger partial charge < -0.3 is 15.5 Å². The van der Waals surface area contributed by atoms with Gasteiger partial charge in [-0.3, -0.25) is 9.79 Å². The molecule has 2 rings (SSSR count). The van der Waals surface area contributed by atoms with E-state index >= 15 is 0 Å². The van der Waals surface area contributed by atoms with E-state index < -0.39 is 0 Å². The average Bonchev–Trinajstić information content (AvgIpc) is 3.16. The van der Waals surface area contributed by atoms with Crippen molar-refractivity contribution in [2.24, 2.45) is 4.99 Å². The summed E-state index contributed by atoms with van der Waals surface area (Å²) in [6, 6.07) is 14.2. The number of nitrogens with zero attached hydrogens (tertiary/aromatic N) is 2. The van der Waals surface area contributed by atoms with Crippen LogP contribution in [0, 0.1) is 0 Å². The fraction of sp³-hybridized carbons (Fsp3) is 0.368. The third-order valence-corrected chi connectivity index (χ3v) is 4.76. The van der Waals surface area contributed by atoms with Crippen LogP contribution in [0.5, 0.6) is 0 Å². The standard InChI is InChI=1S/C19H26N4OS/c1-3-23(15-16-8-5-4-6-9-16)18(24)14-22-19(20-2)21-12-11-17-10-7-13-25-17/h4-10,13H,3,11-12,14-15H2,1-2H3,(H2,20,21,22). The Hall–Kier alpha value is -2.34. The molecule has 0 fully saturated rings. The first-order valence-electron chi connectivity index (χ1n) is 8.51. The molecular formula is C19H26N4OS. The van der Waals surface area contributed by atoms with Crippen molar-refractivity contribution >= 4 is 23.2 Å². The number of carbonyl (C=O) groups excluding carboxylic acids is 1. The minimum absolute atomic E-state index is 0.0626. The molecule has 0 saturated heterocycles. The molecule has 5 nitrogen and oxygen atoms in total. The first-order valence-corrected chi connectivity index (χ1v) is 9.39. The van der Waals surface area contributed by atoms with Gasteiger partial charge in [0.2, 0.25) is 5.91 Å². The molecule has 0 bridgehead atoms. The van der Waals surface area contributed by atoms with E-state index in [-0.39, 0.29) is 12.5 Å². The molecule has 0 aliphatic rings. The molecule has 134 valence electrons. The van der Waals surface area contributed by atoms with Gasteiger partial charge in [0.25, 0.3) is 0 Å². The van der Waals surface area contributed by atoms with Gasteiger partial charge >= 0.3 is 0 Å². The topological polar surface area (TPSA) is 56.7 Å². The van der Waals surface area contributed by atoms with E-state index in [1.54, 1.807) is 18.4 Å². The van der Waals surface area contributed by atoms with Crippen LogP contribution >= 0.6 is 11.3 Å². The number of carbonyl (C=O) groups is 1. The van der Waals surface area contributed by atoms with E-state index in [0.717, 1.165) is 18.5 Å². The van der Waals surface area contributed by atoms with E-state index in [1.165, 1.54) is 4.88 Å². The third-order valence-electron chi connectivity index (χ3n) is 3.83. The molecule has 0 spiro atoms. The Kier molecular flexibility index (Phi) is 7.98. The maximum absolute atomic E-state index is 12.4. The Labute approximate surface area is 153 Å². The van der Waals surface area contributed by atoms with Crippen LogP contribution in [-0.4, -0.2) is 43.4 Å². The zero-order chi connectivity index (χ0) is 17.9. The van der Waals surface area contributed by atoms with Gasteiger partial charge in [0.1, 0.15) is 0 Å². The molecule has 1 aromatic heterocycles. The van der Waals surface area contributed by atoms with Crippen molar-refractivity contribution in [3.05, 3.63) is 58.3 Å². The summed E-state index contributed by atoms with van der Waals surface area (Å²) in [6.45, 7) is 4.33. The molecule has 0 aliphatic heterocycles. The van der Waals surface area contributed by atoms with Crippen LogP contribution in [0.15, 0.2) is 52.8 Å². The second kappa shape index (κ2) is 10.5. The van der Waals surface area contributed by atoms with Gasteiger partial charge in [-0.1, -0.05) is 36.4 Å². The molecule has 0 atom stereocenters. The SMILES string of the molecule is CCN(Cc1ccccc1)C(=O)CNC(=NC)NCCc1cccs1. The van der Waals surface area contributed by atoms with Crippen LogP contribution < -0.4 is 10.6 Å². The number of aliphatic imine (C=N–C) groups is 1. The average molecular weight is 359 g/mol. The summed E-state index contributed by atoms with van der Waals surface area (Å²) in [5.41, 5.74) is 1.14. The largest absolute Gasteiger partial charge is 0.356 e. The summed E-state index contributed by atoms with van der Waals surface area (Å²) >= 11 is 1.75. The Morgan fingerprint density at radius 2 is 1.96 bits per heavy atom. The number of nitrogens with one attached hydrogen (secondary N) is 2. The highest BCUT2D eigenvalue weighted by Crippen LogP contribution is 2.08. The van der Waals surface area contributed by atoms with Crippen molar-refractivity contribution in [1.82, 2.24) is 15.5 Å². The molecule has 1 heterocycles. The predicted molar refractivity (Wildman–Crippen MR) is 105 cm³/mol. The fourth-order valence-corrected chi connectivity index (χ4v) is 3.14. The second-order valence-corrected chi connectivity index (χ2v) is 6.61. The minimum Gasteiger partial charge on any atom is -0.356 e. The molecule has 0 saturated carbocycles. The Balaban J connectivity index is 1.75. The lowest BCUT2D eigenvalue weighted by Gasteiger charge is -2.22. The summed E-state index contributed by atoms with van der Waals surface area (Å²) < 4.78 is 0. The molecule has 6 heteroatoms. The highest BCUT2D eigenvalue weighted by molar-refractivity contribution is 7.09.